The van der Waals surface area contributed by atoms with Crippen LogP contribution >= 0.6 is 15.9 Å². The summed E-state index contributed by atoms with van der Waals surface area (Å²) in [5.41, 5.74) is 0. The summed E-state index contributed by atoms with van der Waals surface area (Å²) in [7, 11) is 0. The number of rotatable bonds is 6. The molecule has 1 atom stereocenters. The van der Waals surface area contributed by atoms with Crippen LogP contribution in [0.2, 0.25) is 0 Å². The minimum atomic E-state index is 0.0712. The molecule has 1 rings (SSSR count). The summed E-state index contributed by atoms with van der Waals surface area (Å²) < 4.78 is 11.1. The van der Waals surface area contributed by atoms with Gasteiger partial charge in [-0.25, -0.2) is 0 Å². The molecule has 0 bridgehead atoms. The van der Waals surface area contributed by atoms with E-state index in [0.29, 0.717) is 0 Å². The van der Waals surface area contributed by atoms with Crippen molar-refractivity contribution in [1.29, 1.82) is 0 Å². The third-order valence-electron chi connectivity index (χ3n) is 2.58. The zero-order valence-electron chi connectivity index (χ0n) is 9.84. The lowest BCUT2D eigenvalue weighted by molar-refractivity contribution is -0.162. The maximum Gasteiger partial charge on any atom is 0.157 e. The van der Waals surface area contributed by atoms with E-state index in [-0.39, 0.29) is 6.29 Å². The highest BCUT2D eigenvalue weighted by molar-refractivity contribution is 9.09. The number of halogens is 1. The number of alkyl halides is 1. The Morgan fingerprint density at radius 2 is 2.12 bits per heavy atom. The first-order valence-corrected chi connectivity index (χ1v) is 7.30. The first-order valence-electron chi connectivity index (χ1n) is 6.18. The van der Waals surface area contributed by atoms with Gasteiger partial charge >= 0.3 is 0 Å². The predicted molar refractivity (Wildman–Crippen MR) is 69.6 cm³/mol. The number of unbranched alkanes of at least 4 members (excludes halogenated alkanes) is 3. The molecule has 0 aromatic carbocycles. The predicted octanol–water partition coefficient (Wildman–Crippen LogP) is 3.49. The van der Waals surface area contributed by atoms with Crippen molar-refractivity contribution in [3.05, 3.63) is 0 Å². The van der Waals surface area contributed by atoms with Crippen molar-refractivity contribution >= 4 is 15.9 Å². The van der Waals surface area contributed by atoms with Crippen LogP contribution in [0.3, 0.4) is 0 Å². The normalized spacial score (nSPS) is 20.2. The van der Waals surface area contributed by atoms with E-state index in [9.17, 15) is 0 Å². The van der Waals surface area contributed by atoms with Crippen LogP contribution in [0.25, 0.3) is 0 Å². The minimum absolute atomic E-state index is 0.0712. The summed E-state index contributed by atoms with van der Waals surface area (Å²) in [6.07, 6.45) is 8.07. The number of ether oxygens (including phenoxy) is 2. The van der Waals surface area contributed by atoms with E-state index >= 15 is 0 Å². The Labute approximate surface area is 107 Å². The standard InChI is InChI=1S/C13H21BrO2/c14-10-6-3-1-2-4-7-11-15-13-9-5-8-12-16-13/h13H,1-2,4-5,7-12H2. The molecule has 0 aromatic heterocycles. The van der Waals surface area contributed by atoms with Gasteiger partial charge in [0.05, 0.1) is 5.33 Å². The first-order chi connectivity index (χ1) is 7.93. The Kier molecular flexibility index (Phi) is 8.88. The molecule has 0 amide bonds. The van der Waals surface area contributed by atoms with Crippen molar-refractivity contribution in [3.8, 4) is 11.8 Å². The molecular weight excluding hydrogens is 268 g/mol. The van der Waals surface area contributed by atoms with Gasteiger partial charge in [0.15, 0.2) is 6.29 Å². The average molecular weight is 289 g/mol. The van der Waals surface area contributed by atoms with Crippen LogP contribution in [-0.4, -0.2) is 24.8 Å². The van der Waals surface area contributed by atoms with Crippen molar-refractivity contribution in [2.75, 3.05) is 18.5 Å². The minimum Gasteiger partial charge on any atom is -0.353 e. The van der Waals surface area contributed by atoms with Crippen molar-refractivity contribution in [2.24, 2.45) is 0 Å². The Balaban J connectivity index is 1.84. The fourth-order valence-corrected chi connectivity index (χ4v) is 1.88. The van der Waals surface area contributed by atoms with Gasteiger partial charge in [-0.1, -0.05) is 28.3 Å². The quantitative estimate of drug-likeness (QED) is 0.423. The lowest BCUT2D eigenvalue weighted by Crippen LogP contribution is -2.22. The SMILES string of the molecule is BrCC#CCCCCCOC1CCCCO1. The fraction of sp³-hybridized carbons (Fsp3) is 0.846. The summed E-state index contributed by atoms with van der Waals surface area (Å²) in [6, 6.07) is 0. The van der Waals surface area contributed by atoms with E-state index in [1.807, 2.05) is 0 Å². The third-order valence-corrected chi connectivity index (χ3v) is 2.86. The van der Waals surface area contributed by atoms with E-state index in [0.717, 1.165) is 37.8 Å². The molecule has 1 saturated heterocycles. The molecule has 1 aliphatic heterocycles. The Morgan fingerprint density at radius 1 is 1.19 bits per heavy atom. The average Bonchev–Trinajstić information content (AvgIpc) is 2.34. The Hall–Kier alpha value is -0.0400. The lowest BCUT2D eigenvalue weighted by atomic mass is 10.2. The van der Waals surface area contributed by atoms with Crippen molar-refractivity contribution in [1.82, 2.24) is 0 Å². The van der Waals surface area contributed by atoms with E-state index in [1.54, 1.807) is 0 Å². The molecule has 0 spiro atoms. The molecular formula is C13H21BrO2. The number of hydrogen-bond donors (Lipinski definition) is 0. The van der Waals surface area contributed by atoms with Gasteiger partial charge < -0.3 is 9.47 Å². The van der Waals surface area contributed by atoms with Crippen molar-refractivity contribution < 1.29 is 9.47 Å². The van der Waals surface area contributed by atoms with E-state index < -0.39 is 0 Å². The van der Waals surface area contributed by atoms with Crippen molar-refractivity contribution in [3.63, 3.8) is 0 Å². The second-order valence-electron chi connectivity index (χ2n) is 3.96. The molecule has 0 aromatic rings. The van der Waals surface area contributed by atoms with Crippen LogP contribution in [0, 0.1) is 11.8 Å². The molecule has 1 aliphatic rings. The summed E-state index contributed by atoms with van der Waals surface area (Å²) in [5.74, 6) is 6.12. The maximum atomic E-state index is 5.64. The van der Waals surface area contributed by atoms with Gasteiger partial charge in [-0.3, -0.25) is 0 Å². The topological polar surface area (TPSA) is 18.5 Å². The van der Waals surface area contributed by atoms with Crippen LogP contribution in [0.1, 0.15) is 44.9 Å². The Morgan fingerprint density at radius 3 is 2.88 bits per heavy atom. The summed E-state index contributed by atoms with van der Waals surface area (Å²) in [4.78, 5) is 0. The highest BCUT2D eigenvalue weighted by Crippen LogP contribution is 2.14. The Bertz CT molecular complexity index is 214. The highest BCUT2D eigenvalue weighted by atomic mass is 79.9. The van der Waals surface area contributed by atoms with Gasteiger partial charge in [0, 0.05) is 19.6 Å². The molecule has 0 N–H and O–H groups in total. The molecule has 3 heteroatoms. The van der Waals surface area contributed by atoms with Gasteiger partial charge in [-0.15, -0.1) is 5.92 Å². The largest absolute Gasteiger partial charge is 0.353 e. The molecule has 0 radical (unpaired) electrons. The smallest absolute Gasteiger partial charge is 0.157 e. The summed E-state index contributed by atoms with van der Waals surface area (Å²) in [6.45, 7) is 1.70. The first kappa shape index (κ1) is 14.0. The van der Waals surface area contributed by atoms with Crippen LogP contribution in [0.15, 0.2) is 0 Å². The molecule has 1 fully saturated rings. The van der Waals surface area contributed by atoms with Gasteiger partial charge in [0.2, 0.25) is 0 Å². The van der Waals surface area contributed by atoms with Crippen LogP contribution in [0.5, 0.6) is 0 Å². The second-order valence-corrected chi connectivity index (χ2v) is 4.53. The molecule has 92 valence electrons. The van der Waals surface area contributed by atoms with Crippen molar-refractivity contribution in [2.45, 2.75) is 51.2 Å². The van der Waals surface area contributed by atoms with Gasteiger partial charge in [0.25, 0.3) is 0 Å². The molecule has 16 heavy (non-hydrogen) atoms. The van der Waals surface area contributed by atoms with Gasteiger partial charge in [-0.05, 0) is 32.1 Å². The number of hydrogen-bond acceptors (Lipinski definition) is 2. The van der Waals surface area contributed by atoms with Crippen LogP contribution in [0.4, 0.5) is 0 Å². The van der Waals surface area contributed by atoms with E-state index in [1.165, 1.54) is 25.7 Å². The van der Waals surface area contributed by atoms with Gasteiger partial charge in [-0.2, -0.15) is 0 Å². The maximum absolute atomic E-state index is 5.64. The molecule has 1 unspecified atom stereocenters. The zero-order chi connectivity index (χ0) is 11.5. The summed E-state index contributed by atoms with van der Waals surface area (Å²) in [5, 5.41) is 0.787. The monoisotopic (exact) mass is 288 g/mol. The van der Waals surface area contributed by atoms with Crippen LogP contribution < -0.4 is 0 Å². The molecule has 0 saturated carbocycles. The highest BCUT2D eigenvalue weighted by Gasteiger charge is 2.12. The third kappa shape index (κ3) is 7.27. The molecule has 1 heterocycles. The molecule has 2 nitrogen and oxygen atoms in total. The van der Waals surface area contributed by atoms with Gasteiger partial charge in [0.1, 0.15) is 0 Å². The van der Waals surface area contributed by atoms with E-state index in [2.05, 4.69) is 27.8 Å². The molecule has 0 aliphatic carbocycles. The van der Waals surface area contributed by atoms with Crippen LogP contribution in [-0.2, 0) is 9.47 Å². The fourth-order valence-electron chi connectivity index (χ4n) is 1.69. The summed E-state index contributed by atoms with van der Waals surface area (Å²) >= 11 is 3.28. The second kappa shape index (κ2) is 10.1. The lowest BCUT2D eigenvalue weighted by Gasteiger charge is -2.22. The van der Waals surface area contributed by atoms with E-state index in [4.69, 9.17) is 9.47 Å². The zero-order valence-corrected chi connectivity index (χ0v) is 11.4.